The first kappa shape index (κ1) is 14.3. The SMILES string of the molecule is O=C(c1nnc2sc(-c3cccc(F)c3)nn12)N1CCCCC1. The van der Waals surface area contributed by atoms with E-state index in [9.17, 15) is 9.18 Å². The standard InChI is InChI=1S/C15H14FN5OS/c16-11-6-4-5-10(9-11)13-19-21-12(17-18-15(21)23-13)14(22)20-7-2-1-3-8-20/h4-6,9H,1-3,7-8H2. The van der Waals surface area contributed by atoms with Crippen molar-refractivity contribution in [1.82, 2.24) is 24.7 Å². The van der Waals surface area contributed by atoms with Crippen molar-refractivity contribution in [2.75, 3.05) is 13.1 Å². The Hall–Kier alpha value is -2.35. The van der Waals surface area contributed by atoms with Crippen LogP contribution in [0.3, 0.4) is 0 Å². The predicted molar refractivity (Wildman–Crippen MR) is 83.8 cm³/mol. The number of halogens is 1. The molecule has 118 valence electrons. The third-order valence-electron chi connectivity index (χ3n) is 3.90. The molecule has 6 nitrogen and oxygen atoms in total. The Bertz CT molecular complexity index is 868. The number of benzene rings is 1. The number of likely N-dealkylation sites (tertiary alicyclic amines) is 1. The highest BCUT2D eigenvalue weighted by Crippen LogP contribution is 2.26. The molecule has 0 bridgehead atoms. The van der Waals surface area contributed by atoms with E-state index in [0.717, 1.165) is 32.4 Å². The van der Waals surface area contributed by atoms with E-state index in [0.29, 0.717) is 15.5 Å². The van der Waals surface area contributed by atoms with Crippen LogP contribution in [0.2, 0.25) is 0 Å². The van der Waals surface area contributed by atoms with Gasteiger partial charge in [0.1, 0.15) is 10.8 Å². The zero-order chi connectivity index (χ0) is 15.8. The summed E-state index contributed by atoms with van der Waals surface area (Å²) in [5.41, 5.74) is 0.664. The van der Waals surface area contributed by atoms with E-state index in [1.54, 1.807) is 17.0 Å². The van der Waals surface area contributed by atoms with Gasteiger partial charge in [0.05, 0.1) is 0 Å². The molecular formula is C15H14FN5OS. The van der Waals surface area contributed by atoms with Gasteiger partial charge < -0.3 is 4.90 Å². The van der Waals surface area contributed by atoms with Gasteiger partial charge in [-0.05, 0) is 31.4 Å². The Morgan fingerprint density at radius 2 is 2.00 bits per heavy atom. The van der Waals surface area contributed by atoms with Gasteiger partial charge in [0.2, 0.25) is 10.8 Å². The number of carbonyl (C=O) groups is 1. The van der Waals surface area contributed by atoms with E-state index in [-0.39, 0.29) is 17.5 Å². The number of hydrogen-bond donors (Lipinski definition) is 0. The number of rotatable bonds is 2. The van der Waals surface area contributed by atoms with Crippen LogP contribution in [-0.2, 0) is 0 Å². The first-order valence-electron chi connectivity index (χ1n) is 7.50. The van der Waals surface area contributed by atoms with Gasteiger partial charge >= 0.3 is 0 Å². The summed E-state index contributed by atoms with van der Waals surface area (Å²) in [6.07, 6.45) is 3.18. The minimum Gasteiger partial charge on any atom is -0.336 e. The van der Waals surface area contributed by atoms with Gasteiger partial charge in [0.15, 0.2) is 0 Å². The summed E-state index contributed by atoms with van der Waals surface area (Å²) in [5, 5.41) is 13.0. The summed E-state index contributed by atoms with van der Waals surface area (Å²) in [5.74, 6) is -0.243. The van der Waals surface area contributed by atoms with Gasteiger partial charge in [-0.2, -0.15) is 9.61 Å². The molecule has 0 spiro atoms. The van der Waals surface area contributed by atoms with Crippen molar-refractivity contribution in [2.45, 2.75) is 19.3 Å². The smallest absolute Gasteiger partial charge is 0.293 e. The van der Waals surface area contributed by atoms with Crippen molar-refractivity contribution in [2.24, 2.45) is 0 Å². The van der Waals surface area contributed by atoms with Gasteiger partial charge in [0, 0.05) is 18.7 Å². The molecule has 1 aliphatic heterocycles. The van der Waals surface area contributed by atoms with E-state index in [1.165, 1.54) is 28.0 Å². The number of fused-ring (bicyclic) bond motifs is 1. The number of hydrogen-bond acceptors (Lipinski definition) is 5. The highest BCUT2D eigenvalue weighted by molar-refractivity contribution is 7.19. The summed E-state index contributed by atoms with van der Waals surface area (Å²) in [6, 6.07) is 6.21. The van der Waals surface area contributed by atoms with E-state index < -0.39 is 0 Å². The Kier molecular flexibility index (Phi) is 3.53. The molecule has 8 heteroatoms. The van der Waals surface area contributed by atoms with Crippen LogP contribution in [0, 0.1) is 5.82 Å². The fraction of sp³-hybridized carbons (Fsp3) is 0.333. The summed E-state index contributed by atoms with van der Waals surface area (Å²) in [7, 11) is 0. The molecule has 1 amide bonds. The van der Waals surface area contributed by atoms with Crippen LogP contribution >= 0.6 is 11.3 Å². The zero-order valence-corrected chi connectivity index (χ0v) is 13.1. The predicted octanol–water partition coefficient (Wildman–Crippen LogP) is 2.62. The molecule has 0 N–H and O–H groups in total. The highest BCUT2D eigenvalue weighted by atomic mass is 32.1. The van der Waals surface area contributed by atoms with Crippen LogP contribution in [0.5, 0.6) is 0 Å². The summed E-state index contributed by atoms with van der Waals surface area (Å²) in [6.45, 7) is 1.49. The van der Waals surface area contributed by atoms with Crippen molar-refractivity contribution >= 4 is 22.2 Å². The molecule has 0 atom stereocenters. The highest BCUT2D eigenvalue weighted by Gasteiger charge is 2.25. The van der Waals surface area contributed by atoms with Crippen LogP contribution < -0.4 is 0 Å². The lowest BCUT2D eigenvalue weighted by Crippen LogP contribution is -2.36. The molecule has 0 saturated carbocycles. The second kappa shape index (κ2) is 5.69. The summed E-state index contributed by atoms with van der Waals surface area (Å²) < 4.78 is 14.8. The fourth-order valence-corrected chi connectivity index (χ4v) is 3.56. The Balaban J connectivity index is 1.70. The Morgan fingerprint density at radius 3 is 2.78 bits per heavy atom. The van der Waals surface area contributed by atoms with Crippen molar-refractivity contribution < 1.29 is 9.18 Å². The van der Waals surface area contributed by atoms with Gasteiger partial charge in [-0.3, -0.25) is 4.79 Å². The van der Waals surface area contributed by atoms with E-state index in [4.69, 9.17) is 0 Å². The number of carbonyl (C=O) groups excluding carboxylic acids is 1. The molecule has 0 aliphatic carbocycles. The van der Waals surface area contributed by atoms with Gasteiger partial charge in [0.25, 0.3) is 5.91 Å². The first-order chi connectivity index (χ1) is 11.2. The third kappa shape index (κ3) is 2.59. The molecule has 3 heterocycles. The van der Waals surface area contributed by atoms with Crippen LogP contribution in [-0.4, -0.2) is 43.7 Å². The maximum Gasteiger partial charge on any atom is 0.293 e. The van der Waals surface area contributed by atoms with E-state index >= 15 is 0 Å². The van der Waals surface area contributed by atoms with Crippen LogP contribution in [0.4, 0.5) is 4.39 Å². The molecule has 3 aromatic rings. The van der Waals surface area contributed by atoms with Gasteiger partial charge in [-0.1, -0.05) is 23.5 Å². The summed E-state index contributed by atoms with van der Waals surface area (Å²) in [4.78, 5) is 14.9. The molecule has 2 aromatic heterocycles. The lowest BCUT2D eigenvalue weighted by atomic mass is 10.1. The first-order valence-corrected chi connectivity index (χ1v) is 8.31. The van der Waals surface area contributed by atoms with Gasteiger partial charge in [-0.15, -0.1) is 10.2 Å². The number of amides is 1. The molecule has 4 rings (SSSR count). The monoisotopic (exact) mass is 331 g/mol. The quantitative estimate of drug-likeness (QED) is 0.724. The summed E-state index contributed by atoms with van der Waals surface area (Å²) >= 11 is 1.28. The van der Waals surface area contributed by atoms with E-state index in [1.807, 2.05) is 0 Å². The molecular weight excluding hydrogens is 317 g/mol. The van der Waals surface area contributed by atoms with Crippen molar-refractivity contribution in [3.63, 3.8) is 0 Å². The van der Waals surface area contributed by atoms with Crippen LogP contribution in [0.15, 0.2) is 24.3 Å². The number of piperidine rings is 1. The number of nitrogens with zero attached hydrogens (tertiary/aromatic N) is 5. The average molecular weight is 331 g/mol. The minimum atomic E-state index is -0.321. The van der Waals surface area contributed by atoms with Crippen molar-refractivity contribution in [3.8, 4) is 10.6 Å². The third-order valence-corrected chi connectivity index (χ3v) is 4.84. The van der Waals surface area contributed by atoms with Crippen LogP contribution in [0.1, 0.15) is 29.9 Å². The van der Waals surface area contributed by atoms with Crippen LogP contribution in [0.25, 0.3) is 15.5 Å². The molecule has 1 aromatic carbocycles. The molecule has 0 unspecified atom stereocenters. The van der Waals surface area contributed by atoms with Crippen molar-refractivity contribution in [1.29, 1.82) is 0 Å². The fourth-order valence-electron chi connectivity index (χ4n) is 2.73. The molecule has 23 heavy (non-hydrogen) atoms. The lowest BCUT2D eigenvalue weighted by molar-refractivity contribution is 0.0709. The van der Waals surface area contributed by atoms with Gasteiger partial charge in [-0.25, -0.2) is 4.39 Å². The Labute approximate surface area is 135 Å². The molecule has 1 aliphatic rings. The second-order valence-electron chi connectivity index (χ2n) is 5.49. The maximum atomic E-state index is 13.4. The lowest BCUT2D eigenvalue weighted by Gasteiger charge is -2.25. The molecule has 0 radical (unpaired) electrons. The Morgan fingerprint density at radius 1 is 1.17 bits per heavy atom. The average Bonchev–Trinajstić information content (AvgIpc) is 3.15. The number of aromatic nitrogens is 4. The van der Waals surface area contributed by atoms with Crippen molar-refractivity contribution in [3.05, 3.63) is 35.9 Å². The topological polar surface area (TPSA) is 63.4 Å². The minimum absolute atomic E-state index is 0.145. The van der Waals surface area contributed by atoms with E-state index in [2.05, 4.69) is 15.3 Å². The normalized spacial score (nSPS) is 15.3. The molecule has 1 fully saturated rings. The second-order valence-corrected chi connectivity index (χ2v) is 6.44. The largest absolute Gasteiger partial charge is 0.336 e. The molecule has 1 saturated heterocycles. The zero-order valence-electron chi connectivity index (χ0n) is 12.3. The maximum absolute atomic E-state index is 13.4.